The first-order valence-electron chi connectivity index (χ1n) is 8.17. The monoisotopic (exact) mass is 284 g/mol. The van der Waals surface area contributed by atoms with Crippen molar-refractivity contribution in [2.24, 2.45) is 5.41 Å². The lowest BCUT2D eigenvalue weighted by atomic mass is 9.78. The summed E-state index contributed by atoms with van der Waals surface area (Å²) >= 11 is 0. The van der Waals surface area contributed by atoms with Crippen LogP contribution in [0.25, 0.3) is 0 Å². The number of piperidine rings is 1. The molecule has 0 saturated carbocycles. The molecule has 1 atom stereocenters. The average molecular weight is 284 g/mol. The highest BCUT2D eigenvalue weighted by molar-refractivity contribution is 5.76. The fraction of sp³-hybridized carbons (Fsp3) is 0.938. The van der Waals surface area contributed by atoms with Gasteiger partial charge in [0.05, 0.1) is 6.61 Å². The molecule has 1 aliphatic rings. The molecule has 0 spiro atoms. The van der Waals surface area contributed by atoms with E-state index in [-0.39, 0.29) is 12.0 Å². The number of carbonyl (C=O) groups is 1. The Labute approximate surface area is 124 Å². The molecule has 0 amide bonds. The van der Waals surface area contributed by atoms with Gasteiger partial charge in [-0.15, -0.1) is 0 Å². The van der Waals surface area contributed by atoms with Gasteiger partial charge >= 0.3 is 5.97 Å². The predicted molar refractivity (Wildman–Crippen MR) is 82.8 cm³/mol. The second kappa shape index (κ2) is 8.63. The third-order valence-corrected chi connectivity index (χ3v) is 4.57. The van der Waals surface area contributed by atoms with Crippen molar-refractivity contribution in [1.29, 1.82) is 0 Å². The maximum Gasteiger partial charge on any atom is 0.324 e. The normalized spacial score (nSPS) is 20.6. The van der Waals surface area contributed by atoms with Gasteiger partial charge < -0.3 is 15.0 Å². The topological polar surface area (TPSA) is 41.6 Å². The molecule has 0 aromatic heterocycles. The highest BCUT2D eigenvalue weighted by atomic mass is 16.5. The Kier molecular flexibility index (Phi) is 7.52. The number of rotatable bonds is 8. The summed E-state index contributed by atoms with van der Waals surface area (Å²) < 4.78 is 5.18. The van der Waals surface area contributed by atoms with E-state index in [2.05, 4.69) is 31.0 Å². The lowest BCUT2D eigenvalue weighted by molar-refractivity contribution is -0.146. The number of esters is 1. The molecule has 0 aliphatic carbocycles. The van der Waals surface area contributed by atoms with Crippen LogP contribution < -0.4 is 5.32 Å². The minimum Gasteiger partial charge on any atom is -0.465 e. The Balaban J connectivity index is 2.47. The third kappa shape index (κ3) is 5.41. The molecule has 4 nitrogen and oxygen atoms in total. The molecule has 1 rings (SSSR count). The molecule has 0 aromatic rings. The second-order valence-electron chi connectivity index (χ2n) is 6.22. The van der Waals surface area contributed by atoms with E-state index < -0.39 is 0 Å². The van der Waals surface area contributed by atoms with Gasteiger partial charge in [0.25, 0.3) is 0 Å². The van der Waals surface area contributed by atoms with E-state index in [0.29, 0.717) is 12.0 Å². The van der Waals surface area contributed by atoms with E-state index in [9.17, 15) is 4.79 Å². The zero-order valence-corrected chi connectivity index (χ0v) is 13.7. The van der Waals surface area contributed by atoms with Gasteiger partial charge in [-0.2, -0.15) is 0 Å². The fourth-order valence-electron chi connectivity index (χ4n) is 2.67. The van der Waals surface area contributed by atoms with E-state index in [1.807, 2.05) is 6.92 Å². The minimum atomic E-state index is -0.180. The maximum absolute atomic E-state index is 12.0. The summed E-state index contributed by atoms with van der Waals surface area (Å²) in [5.41, 5.74) is 0.493. The summed E-state index contributed by atoms with van der Waals surface area (Å²) in [6.07, 6.45) is 4.74. The summed E-state index contributed by atoms with van der Waals surface area (Å²) in [4.78, 5) is 14.4. The van der Waals surface area contributed by atoms with Crippen molar-refractivity contribution >= 4 is 5.97 Å². The quantitative estimate of drug-likeness (QED) is 0.695. The molecule has 0 radical (unpaired) electrons. The van der Waals surface area contributed by atoms with Crippen LogP contribution >= 0.6 is 0 Å². The highest BCUT2D eigenvalue weighted by Crippen LogP contribution is 2.33. The first-order valence-corrected chi connectivity index (χ1v) is 8.17. The molecule has 1 heterocycles. The van der Waals surface area contributed by atoms with Gasteiger partial charge in [0.15, 0.2) is 0 Å². The zero-order valence-electron chi connectivity index (χ0n) is 13.7. The Morgan fingerprint density at radius 2 is 1.95 bits per heavy atom. The fourth-order valence-corrected chi connectivity index (χ4v) is 2.67. The first kappa shape index (κ1) is 17.4. The van der Waals surface area contributed by atoms with E-state index in [1.54, 1.807) is 0 Å². The van der Waals surface area contributed by atoms with Crippen molar-refractivity contribution in [3.63, 3.8) is 0 Å². The van der Waals surface area contributed by atoms with Crippen molar-refractivity contribution in [2.45, 2.75) is 59.4 Å². The van der Waals surface area contributed by atoms with Gasteiger partial charge in [0.2, 0.25) is 0 Å². The second-order valence-corrected chi connectivity index (χ2v) is 6.22. The number of ether oxygens (including phenoxy) is 1. The van der Waals surface area contributed by atoms with Gasteiger partial charge in [-0.25, -0.2) is 0 Å². The van der Waals surface area contributed by atoms with E-state index >= 15 is 0 Å². The molecule has 1 unspecified atom stereocenters. The lowest BCUT2D eigenvalue weighted by Gasteiger charge is -2.39. The van der Waals surface area contributed by atoms with Crippen LogP contribution in [0.2, 0.25) is 0 Å². The molecule has 20 heavy (non-hydrogen) atoms. The number of carbonyl (C=O) groups excluding carboxylic acids is 1. The molecular formula is C16H32N2O2. The Hall–Kier alpha value is -0.610. The Bertz CT molecular complexity index is 286. The number of hydrogen-bond acceptors (Lipinski definition) is 4. The number of hydrogen-bond donors (Lipinski definition) is 1. The van der Waals surface area contributed by atoms with Gasteiger partial charge in [-0.05, 0) is 51.2 Å². The Morgan fingerprint density at radius 3 is 2.45 bits per heavy atom. The van der Waals surface area contributed by atoms with Gasteiger partial charge in [-0.1, -0.05) is 27.2 Å². The predicted octanol–water partition coefficient (Wildman–Crippen LogP) is 2.43. The van der Waals surface area contributed by atoms with Gasteiger partial charge in [0.1, 0.15) is 6.04 Å². The van der Waals surface area contributed by atoms with Gasteiger partial charge in [0, 0.05) is 6.54 Å². The molecule has 1 fully saturated rings. The maximum atomic E-state index is 12.0. The van der Waals surface area contributed by atoms with Crippen LogP contribution in [0.5, 0.6) is 0 Å². The number of nitrogens with one attached hydrogen (secondary N) is 1. The minimum absolute atomic E-state index is 0.107. The molecule has 1 N–H and O–H groups in total. The van der Waals surface area contributed by atoms with Crippen molar-refractivity contribution in [3.05, 3.63) is 0 Å². The summed E-state index contributed by atoms with van der Waals surface area (Å²) in [6, 6.07) is -0.180. The third-order valence-electron chi connectivity index (χ3n) is 4.57. The average Bonchev–Trinajstić information content (AvgIpc) is 2.46. The standard InChI is InChI=1S/C16H32N2O2/c1-5-10-17-14(15(19)20-7-3)13-18-11-8-16(4,6-2)9-12-18/h14,17H,5-13H2,1-4H3. The van der Waals surface area contributed by atoms with Crippen LogP contribution in [0.15, 0.2) is 0 Å². The van der Waals surface area contributed by atoms with Crippen molar-refractivity contribution in [1.82, 2.24) is 10.2 Å². The number of nitrogens with zero attached hydrogens (tertiary/aromatic N) is 1. The first-order chi connectivity index (χ1) is 9.54. The highest BCUT2D eigenvalue weighted by Gasteiger charge is 2.30. The lowest BCUT2D eigenvalue weighted by Crippen LogP contribution is -2.50. The van der Waals surface area contributed by atoms with E-state index in [1.165, 1.54) is 19.3 Å². The van der Waals surface area contributed by atoms with Crippen LogP contribution in [0.4, 0.5) is 0 Å². The van der Waals surface area contributed by atoms with Gasteiger partial charge in [-0.3, -0.25) is 4.79 Å². The van der Waals surface area contributed by atoms with Crippen LogP contribution in [0, 0.1) is 5.41 Å². The van der Waals surface area contributed by atoms with Crippen molar-refractivity contribution in [3.8, 4) is 0 Å². The zero-order chi connectivity index (χ0) is 15.0. The number of likely N-dealkylation sites (tertiary alicyclic amines) is 1. The Morgan fingerprint density at radius 1 is 1.30 bits per heavy atom. The smallest absolute Gasteiger partial charge is 0.324 e. The van der Waals surface area contributed by atoms with E-state index in [4.69, 9.17) is 4.74 Å². The SMILES string of the molecule is CCCNC(CN1CCC(C)(CC)CC1)C(=O)OCC. The van der Waals surface area contributed by atoms with Crippen LogP contribution in [0.1, 0.15) is 53.4 Å². The molecule has 4 heteroatoms. The molecule has 118 valence electrons. The summed E-state index contributed by atoms with van der Waals surface area (Å²) in [6.45, 7) is 12.9. The van der Waals surface area contributed by atoms with Crippen molar-refractivity contribution in [2.75, 3.05) is 32.8 Å². The largest absolute Gasteiger partial charge is 0.465 e. The van der Waals surface area contributed by atoms with E-state index in [0.717, 1.165) is 32.6 Å². The molecule has 0 bridgehead atoms. The summed E-state index contributed by atoms with van der Waals surface area (Å²) in [5.74, 6) is -0.107. The summed E-state index contributed by atoms with van der Waals surface area (Å²) in [7, 11) is 0. The van der Waals surface area contributed by atoms with Crippen LogP contribution in [0.3, 0.4) is 0 Å². The summed E-state index contributed by atoms with van der Waals surface area (Å²) in [5, 5.41) is 3.32. The molecular weight excluding hydrogens is 252 g/mol. The molecule has 0 aromatic carbocycles. The molecule has 1 saturated heterocycles. The van der Waals surface area contributed by atoms with Crippen molar-refractivity contribution < 1.29 is 9.53 Å². The van der Waals surface area contributed by atoms with Crippen LogP contribution in [-0.4, -0.2) is 49.7 Å². The molecule has 1 aliphatic heterocycles. The van der Waals surface area contributed by atoms with Crippen LogP contribution in [-0.2, 0) is 9.53 Å².